The average molecular weight is 500 g/mol. The van der Waals surface area contributed by atoms with Gasteiger partial charge in [-0.2, -0.15) is 0 Å². The van der Waals surface area contributed by atoms with Gasteiger partial charge in [-0.3, -0.25) is 13.9 Å². The van der Waals surface area contributed by atoms with Crippen molar-refractivity contribution in [3.63, 3.8) is 0 Å². The van der Waals surface area contributed by atoms with Crippen molar-refractivity contribution in [1.29, 1.82) is 0 Å². The Hall–Kier alpha value is -3.36. The maximum Gasteiger partial charge on any atom is 0.264 e. The predicted octanol–water partition coefficient (Wildman–Crippen LogP) is 4.56. The first kappa shape index (κ1) is 25.3. The minimum atomic E-state index is -4.07. The van der Waals surface area contributed by atoms with E-state index in [2.05, 4.69) is 10.6 Å². The van der Waals surface area contributed by atoms with Gasteiger partial charge in [-0.1, -0.05) is 61.8 Å². The molecule has 0 heterocycles. The molecule has 3 aromatic rings. The monoisotopic (exact) mass is 499 g/mol. The SMILES string of the molecule is CC(C)CNC(=O)c1ccccc1NC(=O)CN(c1cccc(Cl)c1)S(=O)(=O)c1ccccc1. The number of hydrogen-bond donors (Lipinski definition) is 2. The molecule has 0 saturated carbocycles. The van der Waals surface area contributed by atoms with E-state index in [-0.39, 0.29) is 33.7 Å². The van der Waals surface area contributed by atoms with Gasteiger partial charge in [-0.15, -0.1) is 0 Å². The van der Waals surface area contributed by atoms with Gasteiger partial charge in [0.15, 0.2) is 0 Å². The van der Waals surface area contributed by atoms with Gasteiger partial charge in [-0.05, 0) is 48.4 Å². The lowest BCUT2D eigenvalue weighted by atomic mass is 10.1. The number of sulfonamides is 1. The molecule has 0 aliphatic heterocycles. The standard InChI is InChI=1S/C25H26ClN3O4S/c1-18(2)16-27-25(31)22-13-6-7-14-23(22)28-24(30)17-29(20-10-8-9-19(26)15-20)34(32,33)21-11-4-3-5-12-21/h3-15,18H,16-17H2,1-2H3,(H,27,31)(H,28,30). The molecule has 2 N–H and O–H groups in total. The molecule has 0 atom stereocenters. The molecule has 0 aromatic heterocycles. The maximum atomic E-state index is 13.4. The average Bonchev–Trinajstić information content (AvgIpc) is 2.81. The number of para-hydroxylation sites is 1. The molecule has 3 rings (SSSR count). The molecule has 3 aromatic carbocycles. The van der Waals surface area contributed by atoms with E-state index in [1.54, 1.807) is 60.7 Å². The van der Waals surface area contributed by atoms with Gasteiger partial charge in [0.05, 0.1) is 21.8 Å². The molecular formula is C25H26ClN3O4S. The van der Waals surface area contributed by atoms with Crippen molar-refractivity contribution in [3.8, 4) is 0 Å². The van der Waals surface area contributed by atoms with Crippen LogP contribution in [-0.4, -0.2) is 33.3 Å². The van der Waals surface area contributed by atoms with Crippen LogP contribution in [0, 0.1) is 5.92 Å². The second kappa shape index (κ2) is 11.2. The fourth-order valence-corrected chi connectivity index (χ4v) is 4.79. The van der Waals surface area contributed by atoms with Crippen LogP contribution in [0.5, 0.6) is 0 Å². The van der Waals surface area contributed by atoms with Crippen LogP contribution in [-0.2, 0) is 14.8 Å². The molecule has 0 aliphatic rings. The highest BCUT2D eigenvalue weighted by molar-refractivity contribution is 7.92. The second-order valence-electron chi connectivity index (χ2n) is 8.00. The Bertz CT molecular complexity index is 1260. The number of rotatable bonds is 9. The molecule has 178 valence electrons. The van der Waals surface area contributed by atoms with E-state index < -0.39 is 22.5 Å². The Morgan fingerprint density at radius 3 is 2.29 bits per heavy atom. The Morgan fingerprint density at radius 1 is 0.941 bits per heavy atom. The van der Waals surface area contributed by atoms with Crippen molar-refractivity contribution in [3.05, 3.63) is 89.4 Å². The maximum absolute atomic E-state index is 13.4. The molecule has 9 heteroatoms. The Kier molecular flexibility index (Phi) is 8.31. The minimum absolute atomic E-state index is 0.0382. The Labute approximate surface area is 204 Å². The predicted molar refractivity (Wildman–Crippen MR) is 135 cm³/mol. The second-order valence-corrected chi connectivity index (χ2v) is 10.3. The number of carbonyl (C=O) groups excluding carboxylic acids is 2. The number of carbonyl (C=O) groups is 2. The Balaban J connectivity index is 1.89. The number of anilines is 2. The lowest BCUT2D eigenvalue weighted by Gasteiger charge is -2.24. The van der Waals surface area contributed by atoms with E-state index in [4.69, 9.17) is 11.6 Å². The molecule has 0 saturated heterocycles. The minimum Gasteiger partial charge on any atom is -0.352 e. The lowest BCUT2D eigenvalue weighted by molar-refractivity contribution is -0.114. The molecule has 0 unspecified atom stereocenters. The Morgan fingerprint density at radius 2 is 1.62 bits per heavy atom. The van der Waals surface area contributed by atoms with Crippen LogP contribution in [0.3, 0.4) is 0 Å². The van der Waals surface area contributed by atoms with Crippen molar-refractivity contribution in [2.75, 3.05) is 22.7 Å². The third kappa shape index (κ3) is 6.36. The van der Waals surface area contributed by atoms with E-state index in [0.717, 1.165) is 4.31 Å². The van der Waals surface area contributed by atoms with E-state index in [1.165, 1.54) is 18.2 Å². The normalized spacial score (nSPS) is 11.2. The molecular weight excluding hydrogens is 474 g/mol. The van der Waals surface area contributed by atoms with Gasteiger partial charge in [0, 0.05) is 11.6 Å². The molecule has 0 spiro atoms. The molecule has 0 bridgehead atoms. The van der Waals surface area contributed by atoms with Crippen LogP contribution in [0.2, 0.25) is 5.02 Å². The first-order chi connectivity index (χ1) is 16.2. The largest absolute Gasteiger partial charge is 0.352 e. The first-order valence-corrected chi connectivity index (χ1v) is 12.5. The van der Waals surface area contributed by atoms with Crippen LogP contribution >= 0.6 is 11.6 Å². The number of hydrogen-bond acceptors (Lipinski definition) is 4. The summed E-state index contributed by atoms with van der Waals surface area (Å²) in [6, 6.07) is 20.7. The van der Waals surface area contributed by atoms with E-state index in [0.29, 0.717) is 11.6 Å². The van der Waals surface area contributed by atoms with Crippen LogP contribution in [0.15, 0.2) is 83.8 Å². The first-order valence-electron chi connectivity index (χ1n) is 10.7. The fraction of sp³-hybridized carbons (Fsp3) is 0.200. The van der Waals surface area contributed by atoms with Gasteiger partial charge < -0.3 is 10.6 Å². The summed E-state index contributed by atoms with van der Waals surface area (Å²) >= 11 is 6.09. The third-order valence-electron chi connectivity index (χ3n) is 4.83. The van der Waals surface area contributed by atoms with Crippen molar-refractivity contribution in [1.82, 2.24) is 5.32 Å². The van der Waals surface area contributed by atoms with Gasteiger partial charge in [0.2, 0.25) is 5.91 Å². The summed E-state index contributed by atoms with van der Waals surface area (Å²) in [5, 5.41) is 5.83. The number of amides is 2. The van der Waals surface area contributed by atoms with Crippen LogP contribution in [0.4, 0.5) is 11.4 Å². The van der Waals surface area contributed by atoms with E-state index >= 15 is 0 Å². The third-order valence-corrected chi connectivity index (χ3v) is 6.85. The topological polar surface area (TPSA) is 95.6 Å². The molecule has 0 fully saturated rings. The zero-order chi connectivity index (χ0) is 24.7. The smallest absolute Gasteiger partial charge is 0.264 e. The summed E-state index contributed by atoms with van der Waals surface area (Å²) in [4.78, 5) is 25.6. The highest BCUT2D eigenvalue weighted by Crippen LogP contribution is 2.26. The molecule has 2 amide bonds. The highest BCUT2D eigenvalue weighted by atomic mass is 35.5. The number of nitrogens with zero attached hydrogens (tertiary/aromatic N) is 1. The highest BCUT2D eigenvalue weighted by Gasteiger charge is 2.27. The summed E-state index contributed by atoms with van der Waals surface area (Å²) in [7, 11) is -4.07. The molecule has 7 nitrogen and oxygen atoms in total. The van der Waals surface area contributed by atoms with Gasteiger partial charge in [-0.25, -0.2) is 8.42 Å². The van der Waals surface area contributed by atoms with Crippen molar-refractivity contribution in [2.24, 2.45) is 5.92 Å². The summed E-state index contributed by atoms with van der Waals surface area (Å²) in [5.74, 6) is -0.669. The zero-order valence-corrected chi connectivity index (χ0v) is 20.4. The van der Waals surface area contributed by atoms with Crippen LogP contribution in [0.1, 0.15) is 24.2 Å². The van der Waals surface area contributed by atoms with Crippen molar-refractivity contribution >= 4 is 44.8 Å². The summed E-state index contributed by atoms with van der Waals surface area (Å²) < 4.78 is 27.8. The molecule has 0 aliphatic carbocycles. The van der Waals surface area contributed by atoms with Crippen LogP contribution < -0.4 is 14.9 Å². The lowest BCUT2D eigenvalue weighted by Crippen LogP contribution is -2.38. The number of benzene rings is 3. The van der Waals surface area contributed by atoms with E-state index in [9.17, 15) is 18.0 Å². The van der Waals surface area contributed by atoms with Crippen molar-refractivity contribution in [2.45, 2.75) is 18.7 Å². The molecule has 34 heavy (non-hydrogen) atoms. The van der Waals surface area contributed by atoms with Crippen LogP contribution in [0.25, 0.3) is 0 Å². The summed E-state index contributed by atoms with van der Waals surface area (Å²) in [6.07, 6.45) is 0. The van der Waals surface area contributed by atoms with Gasteiger partial charge in [0.1, 0.15) is 6.54 Å². The fourth-order valence-electron chi connectivity index (χ4n) is 3.17. The van der Waals surface area contributed by atoms with E-state index in [1.807, 2.05) is 13.8 Å². The van der Waals surface area contributed by atoms with Gasteiger partial charge >= 0.3 is 0 Å². The summed E-state index contributed by atoms with van der Waals surface area (Å²) in [5.41, 5.74) is 0.822. The quantitative estimate of drug-likeness (QED) is 0.451. The molecule has 0 radical (unpaired) electrons. The van der Waals surface area contributed by atoms with Crippen molar-refractivity contribution < 1.29 is 18.0 Å². The zero-order valence-electron chi connectivity index (χ0n) is 18.9. The number of nitrogens with one attached hydrogen (secondary N) is 2. The number of halogens is 1. The van der Waals surface area contributed by atoms with Gasteiger partial charge in [0.25, 0.3) is 15.9 Å². The summed E-state index contributed by atoms with van der Waals surface area (Å²) in [6.45, 7) is 3.93.